The summed E-state index contributed by atoms with van der Waals surface area (Å²) < 4.78 is 14.6. The number of primary amides is 1. The van der Waals surface area contributed by atoms with Crippen LogP contribution >= 0.6 is 0 Å². The fourth-order valence-electron chi connectivity index (χ4n) is 9.66. The van der Waals surface area contributed by atoms with Crippen LogP contribution in [0.5, 0.6) is 17.2 Å². The minimum atomic E-state index is -2.38. The standard InChI is InChI=1S/C39H54N10O14S.C18H18O2/c1-4-16(2)31-36(60)42-11-29(55)43-25-15-64(63)38-21(20-6-5-18(51)7-22(20)46-38)9-23(33(57)41-12-30(56)47-31)44-37(61)32(17(3)27(53)14-50)48-35(59)26-8-19(52)13-49(26)39(62)24(10-28(40)54)45-34(25)58;1-3-18(2,15-6-10-17(20)11-7-15)13-12-14-4-8-16(19)9-5-14/h5-7,16-17,19,23-27,31-32,46,50-53H,4,8-15H2,1-3H3,(H2,40,54)(H,41,57)(H,42,60)(H,43,55)(H,44,61)(H,45,58)(H,47,56)(H,48,59);3-13,19-20H,1H2,2H3/b;13-12-. The molecule has 16 N–H and O–H groups in total. The van der Waals surface area contributed by atoms with Gasteiger partial charge in [0.25, 0.3) is 0 Å². The van der Waals surface area contributed by atoms with E-state index in [0.717, 1.165) is 16.0 Å². The number of phenolic OH excluding ortho intramolecular Hbond substituents is 3. The second-order valence-corrected chi connectivity index (χ2v) is 22.5. The second-order valence-electron chi connectivity index (χ2n) is 21.1. The number of aliphatic hydroxyl groups is 3. The lowest BCUT2D eigenvalue weighted by Crippen LogP contribution is -2.62. The third-order valence-corrected chi connectivity index (χ3v) is 16.4. The van der Waals surface area contributed by atoms with Crippen LogP contribution in [0.2, 0.25) is 0 Å². The molecule has 26 nitrogen and oxygen atoms in total. The number of aromatic nitrogens is 1. The number of carbonyl (C=O) groups excluding carboxylic acids is 9. The zero-order valence-electron chi connectivity index (χ0n) is 46.6. The average Bonchev–Trinajstić information content (AvgIpc) is 2.88. The number of amides is 9. The van der Waals surface area contributed by atoms with Gasteiger partial charge >= 0.3 is 0 Å². The number of aliphatic hydroxyl groups excluding tert-OH is 3. The number of nitrogens with zero attached hydrogens (tertiary/aromatic N) is 1. The summed E-state index contributed by atoms with van der Waals surface area (Å²) >= 11 is 0. The van der Waals surface area contributed by atoms with Gasteiger partial charge in [-0.25, -0.2) is 0 Å². The van der Waals surface area contributed by atoms with Crippen molar-refractivity contribution < 1.29 is 78.0 Å². The first-order chi connectivity index (χ1) is 39.7. The smallest absolute Gasteiger partial charge is 0.246 e. The predicted octanol–water partition coefficient (Wildman–Crippen LogP) is -1.67. The number of aromatic hydroxyl groups is 3. The van der Waals surface area contributed by atoms with Gasteiger partial charge in [0.1, 0.15) is 58.5 Å². The number of benzene rings is 3. The Labute approximate surface area is 485 Å². The van der Waals surface area contributed by atoms with Gasteiger partial charge in [0.15, 0.2) is 0 Å². The Kier molecular flexibility index (Phi) is 21.9. The maximum Gasteiger partial charge on any atom is 0.246 e. The van der Waals surface area contributed by atoms with Crippen molar-refractivity contribution in [1.29, 1.82) is 0 Å². The number of nitrogens with two attached hydrogens (primary N) is 1. The minimum Gasteiger partial charge on any atom is -0.508 e. The molecular formula is C57H72N10O16S. The van der Waals surface area contributed by atoms with E-state index in [9.17, 15) is 78.0 Å². The van der Waals surface area contributed by atoms with Crippen LogP contribution in [0, 0.1) is 11.8 Å². The molecule has 1 aromatic heterocycles. The molecule has 0 spiro atoms. The third-order valence-electron chi connectivity index (χ3n) is 15.0. The molecule has 9 amide bonds. The van der Waals surface area contributed by atoms with Gasteiger partial charge in [0, 0.05) is 42.2 Å². The van der Waals surface area contributed by atoms with Crippen LogP contribution in [-0.4, -0.2) is 178 Å². The molecule has 27 heteroatoms. The van der Waals surface area contributed by atoms with E-state index < -0.39 is 176 Å². The minimum absolute atomic E-state index is 0.0800. The molecule has 4 aromatic rings. The van der Waals surface area contributed by atoms with Gasteiger partial charge in [-0.05, 0) is 65.9 Å². The lowest BCUT2D eigenvalue weighted by molar-refractivity contribution is -0.144. The monoisotopic (exact) mass is 1180 g/mol. The van der Waals surface area contributed by atoms with Crippen molar-refractivity contribution in [1.82, 2.24) is 47.1 Å². The number of allylic oxidation sites excluding steroid dienone is 2. The number of aromatic amines is 1. The summed E-state index contributed by atoms with van der Waals surface area (Å²) in [5.74, 6) is -11.5. The molecule has 0 saturated carbocycles. The number of carbonyl (C=O) groups is 9. The van der Waals surface area contributed by atoms with Crippen LogP contribution in [-0.2, 0) is 65.8 Å². The number of H-pyrrole nitrogens is 1. The molecule has 2 bridgehead atoms. The number of rotatable bonds is 11. The second kappa shape index (κ2) is 28.6. The van der Waals surface area contributed by atoms with E-state index in [1.807, 2.05) is 36.4 Å². The van der Waals surface area contributed by atoms with Gasteiger partial charge in [0.2, 0.25) is 53.2 Å². The first kappa shape index (κ1) is 64.5. The quantitative estimate of drug-likeness (QED) is 0.0747. The molecule has 0 aliphatic carbocycles. The van der Waals surface area contributed by atoms with E-state index in [0.29, 0.717) is 6.42 Å². The highest BCUT2D eigenvalue weighted by Gasteiger charge is 2.45. The summed E-state index contributed by atoms with van der Waals surface area (Å²) in [6.07, 6.45) is 1.50. The molecule has 452 valence electrons. The van der Waals surface area contributed by atoms with Crippen LogP contribution in [0.1, 0.15) is 63.6 Å². The number of hydrogen-bond donors (Lipinski definition) is 15. The van der Waals surface area contributed by atoms with Crippen molar-refractivity contribution in [2.45, 2.75) is 112 Å². The lowest BCUT2D eigenvalue weighted by Gasteiger charge is -2.32. The highest BCUT2D eigenvalue weighted by molar-refractivity contribution is 7.85. The van der Waals surface area contributed by atoms with Crippen molar-refractivity contribution in [3.8, 4) is 17.2 Å². The Morgan fingerprint density at radius 1 is 0.798 bits per heavy atom. The topological polar surface area (TPSA) is 421 Å². The zero-order valence-corrected chi connectivity index (χ0v) is 47.4. The van der Waals surface area contributed by atoms with Gasteiger partial charge in [-0.15, -0.1) is 6.58 Å². The summed E-state index contributed by atoms with van der Waals surface area (Å²) in [5.41, 5.74) is 7.48. The fraction of sp³-hybridized carbons (Fsp3) is 0.421. The predicted molar refractivity (Wildman–Crippen MR) is 305 cm³/mol. The van der Waals surface area contributed by atoms with Crippen LogP contribution in [0.25, 0.3) is 17.0 Å². The molecule has 12 unspecified atom stereocenters. The molecular weight excluding hydrogens is 1110 g/mol. The third kappa shape index (κ3) is 16.3. The molecule has 84 heavy (non-hydrogen) atoms. The summed E-state index contributed by atoms with van der Waals surface area (Å²) in [7, 11) is -2.38. The molecule has 3 aliphatic heterocycles. The van der Waals surface area contributed by atoms with Gasteiger partial charge in [-0.3, -0.25) is 47.4 Å². The Bertz CT molecular complexity index is 3170. The fourth-order valence-corrected chi connectivity index (χ4v) is 11.1. The normalized spacial score (nSPS) is 25.1. The molecule has 4 heterocycles. The zero-order chi connectivity index (χ0) is 61.7. The Morgan fingerprint density at radius 2 is 1.42 bits per heavy atom. The van der Waals surface area contributed by atoms with Crippen molar-refractivity contribution >= 4 is 80.9 Å². The maximum absolute atomic E-state index is 14.6. The Balaban J connectivity index is 0.000000474. The van der Waals surface area contributed by atoms with E-state index in [2.05, 4.69) is 61.8 Å². The highest BCUT2D eigenvalue weighted by atomic mass is 32.2. The number of hydrogen-bond acceptors (Lipinski definition) is 16. The van der Waals surface area contributed by atoms with Crippen LogP contribution < -0.4 is 43.0 Å². The summed E-state index contributed by atoms with van der Waals surface area (Å²) in [6.45, 7) is 7.72. The SMILES string of the molecule is C=CC(C)(/C=C\c1ccc(O)cc1)c1ccc(O)cc1.CCC(C)C1NC(=O)CNC(=O)C2Cc3c([nH]c4cc(O)ccc34)S(=O)CC(NC(=O)CNC1=O)C(=O)NC(CC(N)=O)C(=O)N1CC(O)CC1C(=O)NC(C(C)C(O)CO)C(=O)N2. The summed E-state index contributed by atoms with van der Waals surface area (Å²) in [4.78, 5) is 127. The van der Waals surface area contributed by atoms with Crippen LogP contribution in [0.4, 0.5) is 0 Å². The number of nitrogens with one attached hydrogen (secondary N) is 8. The first-order valence-corrected chi connectivity index (χ1v) is 28.3. The van der Waals surface area contributed by atoms with Gasteiger partial charge in [-0.2, -0.15) is 0 Å². The molecule has 7 rings (SSSR count). The van der Waals surface area contributed by atoms with Crippen molar-refractivity contribution in [2.24, 2.45) is 17.6 Å². The molecule has 1 fully saturated rings. The largest absolute Gasteiger partial charge is 0.508 e. The molecule has 0 radical (unpaired) electrons. The van der Waals surface area contributed by atoms with E-state index in [-0.39, 0.29) is 44.2 Å². The average molecular weight is 1190 g/mol. The molecule has 3 aliphatic rings. The van der Waals surface area contributed by atoms with E-state index >= 15 is 0 Å². The van der Waals surface area contributed by atoms with Crippen molar-refractivity contribution in [3.05, 3.63) is 102 Å². The Morgan fingerprint density at radius 3 is 2.04 bits per heavy atom. The number of fused-ring (bicyclic) bond motifs is 5. The molecule has 3 aromatic carbocycles. The van der Waals surface area contributed by atoms with E-state index in [1.165, 1.54) is 25.1 Å². The molecule has 12 atom stereocenters. The summed E-state index contributed by atoms with van der Waals surface area (Å²) in [6, 6.07) is 8.15. The van der Waals surface area contributed by atoms with Crippen LogP contribution in [0.3, 0.4) is 0 Å². The lowest BCUT2D eigenvalue weighted by atomic mass is 9.82. The van der Waals surface area contributed by atoms with E-state index in [4.69, 9.17) is 5.73 Å². The van der Waals surface area contributed by atoms with Gasteiger partial charge in [0.05, 0.1) is 60.4 Å². The number of phenols is 3. The van der Waals surface area contributed by atoms with E-state index in [1.54, 1.807) is 38.1 Å². The maximum atomic E-state index is 14.6. The Hall–Kier alpha value is -8.66. The van der Waals surface area contributed by atoms with Gasteiger partial charge < -0.3 is 83.5 Å². The van der Waals surface area contributed by atoms with Crippen molar-refractivity contribution in [2.75, 3.05) is 32.0 Å². The highest BCUT2D eigenvalue weighted by Crippen LogP contribution is 2.31. The van der Waals surface area contributed by atoms with Crippen LogP contribution in [0.15, 0.2) is 90.5 Å². The molecule has 1 saturated heterocycles. The first-order valence-electron chi connectivity index (χ1n) is 27.0. The van der Waals surface area contributed by atoms with Crippen molar-refractivity contribution in [3.63, 3.8) is 0 Å². The summed E-state index contributed by atoms with van der Waals surface area (Å²) in [5, 5.41) is 77.4. The van der Waals surface area contributed by atoms with Gasteiger partial charge in [-0.1, -0.05) is 69.7 Å².